The average Bonchev–Trinajstić information content (AvgIpc) is 2.49. The van der Waals surface area contributed by atoms with Crippen LogP contribution in [-0.4, -0.2) is 55.1 Å². The quantitative estimate of drug-likeness (QED) is 0.461. The van der Waals surface area contributed by atoms with E-state index in [0.717, 1.165) is 0 Å². The third kappa shape index (κ3) is 5.96. The number of nitrogens with one attached hydrogen (secondary N) is 1. The maximum atomic E-state index is 11.7. The van der Waals surface area contributed by atoms with Gasteiger partial charge in [0.1, 0.15) is 6.61 Å². The number of carboxylic acids is 1. The number of carbonyl (C=O) groups excluding carboxylic acids is 2. The van der Waals surface area contributed by atoms with Gasteiger partial charge in [0, 0.05) is 0 Å². The molecular weight excluding hydrogens is 289 g/mol. The van der Waals surface area contributed by atoms with Crippen LogP contribution in [0.4, 0.5) is 4.79 Å². The smallest absolute Gasteiger partial charge is 0.311 e. The number of carbonyl (C=O) groups is 3. The highest BCUT2D eigenvalue weighted by Crippen LogP contribution is 2.20. The Labute approximate surface area is 128 Å². The van der Waals surface area contributed by atoms with E-state index in [1.165, 1.54) is 0 Å². The number of aliphatic carboxylic acids is 1. The fourth-order valence-corrected chi connectivity index (χ4v) is 1.79. The Balaban J connectivity index is 2.58. The second-order valence-corrected chi connectivity index (χ2v) is 4.58. The van der Waals surface area contributed by atoms with Crippen LogP contribution in [0.15, 0.2) is 30.3 Å². The zero-order valence-electron chi connectivity index (χ0n) is 11.8. The minimum atomic E-state index is -1.14. The molecule has 2 radical (unpaired) electrons. The molecule has 0 spiro atoms. The molecule has 1 aromatic carbocycles. The molecule has 7 nitrogen and oxygen atoms in total. The van der Waals surface area contributed by atoms with Gasteiger partial charge in [0.05, 0.1) is 25.0 Å². The van der Waals surface area contributed by atoms with Crippen molar-refractivity contribution in [3.8, 4) is 0 Å². The van der Waals surface area contributed by atoms with Crippen molar-refractivity contribution >= 4 is 25.6 Å². The van der Waals surface area contributed by atoms with E-state index in [0.29, 0.717) is 5.56 Å². The van der Waals surface area contributed by atoms with Crippen molar-refractivity contribution in [1.82, 2.24) is 5.32 Å². The molecule has 0 aliphatic heterocycles. The number of ether oxygens (including phenoxy) is 1. The van der Waals surface area contributed by atoms with Gasteiger partial charge in [-0.25, -0.2) is 0 Å². The van der Waals surface area contributed by atoms with Crippen LogP contribution >= 0.6 is 0 Å². The number of benzene rings is 1. The lowest BCUT2D eigenvalue weighted by Crippen LogP contribution is -2.40. The van der Waals surface area contributed by atoms with Crippen LogP contribution in [-0.2, 0) is 14.3 Å². The van der Waals surface area contributed by atoms with Crippen LogP contribution in [0.5, 0.6) is 0 Å². The summed E-state index contributed by atoms with van der Waals surface area (Å²) < 4.78 is 4.87. The predicted molar refractivity (Wildman–Crippen MR) is 77.6 cm³/mol. The first-order chi connectivity index (χ1) is 10.4. The van der Waals surface area contributed by atoms with Crippen molar-refractivity contribution in [2.45, 2.75) is 18.4 Å². The van der Waals surface area contributed by atoms with Gasteiger partial charge in [0.2, 0.25) is 7.85 Å². The van der Waals surface area contributed by atoms with Gasteiger partial charge < -0.3 is 20.3 Å². The summed E-state index contributed by atoms with van der Waals surface area (Å²) in [5.74, 6) is -3.77. The van der Waals surface area contributed by atoms with E-state index in [1.54, 1.807) is 30.3 Å². The van der Waals surface area contributed by atoms with Crippen LogP contribution < -0.4 is 5.32 Å². The van der Waals surface area contributed by atoms with Crippen LogP contribution in [0.2, 0.25) is 0 Å². The Bertz CT molecular complexity index is 521. The minimum Gasteiger partial charge on any atom is -0.481 e. The molecule has 1 amide bonds. The second-order valence-electron chi connectivity index (χ2n) is 4.58. The van der Waals surface area contributed by atoms with Crippen LogP contribution in [0.1, 0.15) is 17.9 Å². The molecule has 8 heteroatoms. The average molecular weight is 305 g/mol. The number of rotatable bonds is 8. The molecule has 1 rings (SSSR count). The van der Waals surface area contributed by atoms with E-state index in [-0.39, 0.29) is 13.0 Å². The monoisotopic (exact) mass is 305 g/mol. The molecule has 0 fully saturated rings. The highest BCUT2D eigenvalue weighted by atomic mass is 16.5. The van der Waals surface area contributed by atoms with E-state index in [9.17, 15) is 19.5 Å². The summed E-state index contributed by atoms with van der Waals surface area (Å²) in [5, 5.41) is 20.4. The fourth-order valence-electron chi connectivity index (χ4n) is 1.79. The number of hydrogen-bond donors (Lipinski definition) is 3. The van der Waals surface area contributed by atoms with E-state index in [4.69, 9.17) is 17.7 Å². The van der Waals surface area contributed by atoms with Crippen molar-refractivity contribution in [3.05, 3.63) is 35.9 Å². The molecule has 0 aliphatic carbocycles. The highest BCUT2D eigenvalue weighted by Gasteiger charge is 2.24. The molecule has 2 unspecified atom stereocenters. The van der Waals surface area contributed by atoms with Crippen LogP contribution in [0, 0.1) is 0 Å². The Hall–Kier alpha value is -2.35. The molecular formula is C14H16BNO6. The number of amides is 1. The van der Waals surface area contributed by atoms with Gasteiger partial charge in [0.15, 0.2) is 5.81 Å². The third-order valence-electron chi connectivity index (χ3n) is 2.88. The van der Waals surface area contributed by atoms with Crippen molar-refractivity contribution in [3.63, 3.8) is 0 Å². The predicted octanol–water partition coefficient (Wildman–Crippen LogP) is 0.0271. The van der Waals surface area contributed by atoms with E-state index < -0.39 is 36.3 Å². The Morgan fingerprint density at radius 3 is 2.36 bits per heavy atom. The zero-order chi connectivity index (χ0) is 16.5. The SMILES string of the molecule is [B]C(=O)NC(CO)COC(=O)CC(C(=O)O)c1ccccc1. The lowest BCUT2D eigenvalue weighted by Gasteiger charge is -2.17. The van der Waals surface area contributed by atoms with E-state index >= 15 is 0 Å². The summed E-state index contributed by atoms with van der Waals surface area (Å²) in [6, 6.07) is 7.47. The molecule has 0 heterocycles. The minimum absolute atomic E-state index is 0.292. The Morgan fingerprint density at radius 2 is 1.86 bits per heavy atom. The first kappa shape index (κ1) is 17.7. The van der Waals surface area contributed by atoms with Crippen LogP contribution in [0.3, 0.4) is 0 Å². The maximum Gasteiger partial charge on any atom is 0.311 e. The number of aliphatic hydroxyl groups excluding tert-OH is 1. The third-order valence-corrected chi connectivity index (χ3v) is 2.88. The maximum absolute atomic E-state index is 11.7. The van der Waals surface area contributed by atoms with Crippen molar-refractivity contribution in [2.75, 3.05) is 13.2 Å². The van der Waals surface area contributed by atoms with Gasteiger partial charge in [-0.3, -0.25) is 14.4 Å². The molecule has 22 heavy (non-hydrogen) atoms. The molecule has 116 valence electrons. The molecule has 0 saturated carbocycles. The summed E-state index contributed by atoms with van der Waals surface area (Å²) >= 11 is 0. The molecule has 1 aromatic rings. The summed E-state index contributed by atoms with van der Waals surface area (Å²) in [4.78, 5) is 33.6. The molecule has 2 atom stereocenters. The number of esters is 1. The number of hydrogen-bond acceptors (Lipinski definition) is 5. The van der Waals surface area contributed by atoms with Crippen molar-refractivity contribution in [2.24, 2.45) is 0 Å². The van der Waals surface area contributed by atoms with Crippen molar-refractivity contribution < 1.29 is 29.3 Å². The topological polar surface area (TPSA) is 113 Å². The molecule has 3 N–H and O–H groups in total. The molecule has 0 aliphatic rings. The first-order valence-electron chi connectivity index (χ1n) is 6.54. The van der Waals surface area contributed by atoms with E-state index in [2.05, 4.69) is 5.32 Å². The zero-order valence-corrected chi connectivity index (χ0v) is 11.8. The molecule has 0 bridgehead atoms. The Morgan fingerprint density at radius 1 is 1.23 bits per heavy atom. The van der Waals surface area contributed by atoms with Gasteiger partial charge in [-0.15, -0.1) is 0 Å². The van der Waals surface area contributed by atoms with Crippen molar-refractivity contribution in [1.29, 1.82) is 0 Å². The van der Waals surface area contributed by atoms with Gasteiger partial charge >= 0.3 is 11.9 Å². The normalized spacial score (nSPS) is 13.0. The number of aliphatic hydroxyl groups is 1. The number of carboxylic acid groups (broad SMARTS) is 1. The largest absolute Gasteiger partial charge is 0.481 e. The fraction of sp³-hybridized carbons (Fsp3) is 0.357. The highest BCUT2D eigenvalue weighted by molar-refractivity contribution is 6.57. The summed E-state index contributed by atoms with van der Waals surface area (Å²) in [7, 11) is 4.89. The summed E-state index contributed by atoms with van der Waals surface area (Å²) in [6.45, 7) is -0.753. The lowest BCUT2D eigenvalue weighted by molar-refractivity contribution is -0.149. The second kappa shape index (κ2) is 8.83. The summed E-state index contributed by atoms with van der Waals surface area (Å²) in [6.07, 6.45) is -0.353. The lowest BCUT2D eigenvalue weighted by atomic mass is 9.96. The Kier molecular flexibility index (Phi) is 7.11. The van der Waals surface area contributed by atoms with Gasteiger partial charge in [-0.05, 0) is 5.56 Å². The van der Waals surface area contributed by atoms with Gasteiger partial charge in [0.25, 0.3) is 0 Å². The summed E-state index contributed by atoms with van der Waals surface area (Å²) in [5.41, 5.74) is 0.487. The van der Waals surface area contributed by atoms with Gasteiger partial charge in [-0.1, -0.05) is 30.3 Å². The van der Waals surface area contributed by atoms with E-state index in [1.807, 2.05) is 0 Å². The standard InChI is InChI=1S/C14H16BNO6/c15-14(21)16-10(7-17)8-22-12(18)6-11(13(19)20)9-4-2-1-3-5-9/h1-5,10-11,17H,6-8H2,(H,16,21)(H,19,20). The molecule has 0 saturated heterocycles. The molecule has 0 aromatic heterocycles. The van der Waals surface area contributed by atoms with Gasteiger partial charge in [-0.2, -0.15) is 0 Å². The first-order valence-corrected chi connectivity index (χ1v) is 6.54. The van der Waals surface area contributed by atoms with Crippen LogP contribution in [0.25, 0.3) is 0 Å².